The van der Waals surface area contributed by atoms with Crippen LogP contribution in [0.15, 0.2) is 24.3 Å². The van der Waals surface area contributed by atoms with Crippen LogP contribution in [-0.2, 0) is 23.1 Å². The number of aromatic amines is 1. The summed E-state index contributed by atoms with van der Waals surface area (Å²) in [4.78, 5) is 12.8. The first-order valence-electron chi connectivity index (χ1n) is 9.38. The van der Waals surface area contributed by atoms with Crippen molar-refractivity contribution < 1.29 is 9.53 Å². The highest BCUT2D eigenvalue weighted by Crippen LogP contribution is 2.36. The van der Waals surface area contributed by atoms with Gasteiger partial charge in [0.15, 0.2) is 5.69 Å². The summed E-state index contributed by atoms with van der Waals surface area (Å²) in [5, 5.41) is 13.8. The number of carbonyl (C=O) groups excluding carboxylic acids is 1. The average molecular weight is 354 g/mol. The van der Waals surface area contributed by atoms with E-state index in [2.05, 4.69) is 52.0 Å². The van der Waals surface area contributed by atoms with Gasteiger partial charge in [-0.15, -0.1) is 0 Å². The summed E-state index contributed by atoms with van der Waals surface area (Å²) in [6.07, 6.45) is 2.72. The summed E-state index contributed by atoms with van der Waals surface area (Å²) in [5.74, 6) is -0.0920. The maximum absolute atomic E-state index is 12.8. The third kappa shape index (κ3) is 3.15. The van der Waals surface area contributed by atoms with Crippen molar-refractivity contribution in [2.45, 2.75) is 38.1 Å². The monoisotopic (exact) mass is 354 g/mol. The summed E-state index contributed by atoms with van der Waals surface area (Å²) < 4.78 is 5.60. The minimum absolute atomic E-state index is 0.0755. The Morgan fingerprint density at radius 2 is 2.12 bits per heavy atom. The fourth-order valence-corrected chi connectivity index (χ4v) is 4.22. The van der Waals surface area contributed by atoms with E-state index in [0.717, 1.165) is 50.3 Å². The average Bonchev–Trinajstić information content (AvgIpc) is 3.11. The first-order chi connectivity index (χ1) is 12.7. The van der Waals surface area contributed by atoms with Gasteiger partial charge in [0.2, 0.25) is 0 Å². The third-order valence-electron chi connectivity index (χ3n) is 5.78. The molecule has 0 atom stereocenters. The summed E-state index contributed by atoms with van der Waals surface area (Å²) >= 11 is 0. The van der Waals surface area contributed by atoms with Crippen LogP contribution >= 0.6 is 0 Å². The van der Waals surface area contributed by atoms with Crippen molar-refractivity contribution in [2.24, 2.45) is 0 Å². The molecule has 0 spiro atoms. The van der Waals surface area contributed by atoms with E-state index >= 15 is 0 Å². The Bertz CT molecular complexity index is 793. The molecule has 1 amide bonds. The van der Waals surface area contributed by atoms with Crippen LogP contribution in [-0.4, -0.2) is 42.4 Å². The van der Waals surface area contributed by atoms with E-state index in [-0.39, 0.29) is 11.3 Å². The highest BCUT2D eigenvalue weighted by molar-refractivity contribution is 5.94. The lowest BCUT2D eigenvalue weighted by atomic mass is 9.72. The maximum atomic E-state index is 12.8. The molecule has 3 N–H and O–H groups in total. The predicted octanol–water partition coefficient (Wildman–Crippen LogP) is 1.84. The number of benzene rings is 1. The van der Waals surface area contributed by atoms with Crippen LogP contribution in [0, 0.1) is 6.92 Å². The third-order valence-corrected chi connectivity index (χ3v) is 5.78. The minimum atomic E-state index is -0.0920. The molecule has 26 heavy (non-hydrogen) atoms. The van der Waals surface area contributed by atoms with E-state index < -0.39 is 0 Å². The molecule has 6 heteroatoms. The van der Waals surface area contributed by atoms with E-state index in [1.54, 1.807) is 0 Å². The number of aryl methyl sites for hydroxylation is 1. The normalized spacial score (nSPS) is 19.0. The number of ether oxygens (including phenoxy) is 1. The molecule has 1 fully saturated rings. The zero-order valence-electron chi connectivity index (χ0n) is 15.2. The molecule has 1 aromatic heterocycles. The zero-order valence-corrected chi connectivity index (χ0v) is 15.2. The number of fused-ring (bicyclic) bond motifs is 1. The van der Waals surface area contributed by atoms with Crippen LogP contribution in [0.4, 0.5) is 0 Å². The van der Waals surface area contributed by atoms with Crippen LogP contribution in [0.5, 0.6) is 0 Å². The lowest BCUT2D eigenvalue weighted by Gasteiger charge is -2.39. The second-order valence-corrected chi connectivity index (χ2v) is 7.35. The molecular formula is C20H26N4O2. The number of nitrogens with one attached hydrogen (secondary N) is 3. The van der Waals surface area contributed by atoms with Gasteiger partial charge in [-0.1, -0.05) is 24.3 Å². The fourth-order valence-electron chi connectivity index (χ4n) is 4.22. The number of amides is 1. The lowest BCUT2D eigenvalue weighted by Crippen LogP contribution is -2.45. The maximum Gasteiger partial charge on any atom is 0.272 e. The lowest BCUT2D eigenvalue weighted by molar-refractivity contribution is 0.0484. The molecule has 3 heterocycles. The first kappa shape index (κ1) is 17.2. The van der Waals surface area contributed by atoms with Crippen molar-refractivity contribution in [1.29, 1.82) is 0 Å². The van der Waals surface area contributed by atoms with E-state index in [4.69, 9.17) is 4.74 Å². The number of carbonyl (C=O) groups is 1. The molecule has 1 aromatic carbocycles. The van der Waals surface area contributed by atoms with E-state index in [1.165, 1.54) is 11.1 Å². The minimum Gasteiger partial charge on any atom is -0.381 e. The van der Waals surface area contributed by atoms with Gasteiger partial charge >= 0.3 is 0 Å². The molecule has 2 aromatic rings. The second-order valence-electron chi connectivity index (χ2n) is 7.35. The largest absolute Gasteiger partial charge is 0.381 e. The quantitative estimate of drug-likeness (QED) is 0.783. The number of hydrogen-bond donors (Lipinski definition) is 3. The molecule has 0 saturated carbocycles. The molecule has 0 aliphatic carbocycles. The summed E-state index contributed by atoms with van der Waals surface area (Å²) in [6.45, 7) is 5.83. The highest BCUT2D eigenvalue weighted by atomic mass is 16.5. The first-order valence-corrected chi connectivity index (χ1v) is 9.38. The van der Waals surface area contributed by atoms with Crippen molar-refractivity contribution in [3.05, 3.63) is 52.3 Å². The fraction of sp³-hybridized carbons (Fsp3) is 0.500. The van der Waals surface area contributed by atoms with E-state index in [0.29, 0.717) is 18.8 Å². The van der Waals surface area contributed by atoms with Crippen LogP contribution < -0.4 is 10.6 Å². The van der Waals surface area contributed by atoms with Crippen molar-refractivity contribution in [3.8, 4) is 0 Å². The molecule has 2 aliphatic heterocycles. The number of rotatable bonds is 4. The van der Waals surface area contributed by atoms with Gasteiger partial charge in [0.25, 0.3) is 5.91 Å². The van der Waals surface area contributed by atoms with Crippen LogP contribution in [0.1, 0.15) is 45.7 Å². The molecule has 0 radical (unpaired) electrons. The SMILES string of the molecule is Cc1ccccc1C1(CNC(=O)c2n[nH]c3c2CNCC3)CCOCC1. The van der Waals surface area contributed by atoms with Gasteiger partial charge in [0.1, 0.15) is 0 Å². The van der Waals surface area contributed by atoms with Gasteiger partial charge in [-0.2, -0.15) is 5.10 Å². The number of nitrogens with zero attached hydrogens (tertiary/aromatic N) is 1. The van der Waals surface area contributed by atoms with E-state index in [9.17, 15) is 4.79 Å². The smallest absolute Gasteiger partial charge is 0.272 e. The Hall–Kier alpha value is -2.18. The van der Waals surface area contributed by atoms with Crippen molar-refractivity contribution in [3.63, 3.8) is 0 Å². The molecule has 4 rings (SSSR count). The number of aromatic nitrogens is 2. The zero-order chi connectivity index (χ0) is 18.0. The topological polar surface area (TPSA) is 79.0 Å². The van der Waals surface area contributed by atoms with Crippen LogP contribution in [0.3, 0.4) is 0 Å². The van der Waals surface area contributed by atoms with Gasteiger partial charge in [-0.25, -0.2) is 0 Å². The molecule has 6 nitrogen and oxygen atoms in total. The number of H-pyrrole nitrogens is 1. The highest BCUT2D eigenvalue weighted by Gasteiger charge is 2.36. The van der Waals surface area contributed by atoms with Crippen molar-refractivity contribution in [2.75, 3.05) is 26.3 Å². The van der Waals surface area contributed by atoms with Gasteiger partial charge in [0.05, 0.1) is 0 Å². The van der Waals surface area contributed by atoms with Crippen LogP contribution in [0.25, 0.3) is 0 Å². The second kappa shape index (κ2) is 7.21. The Balaban J connectivity index is 1.55. The molecular weight excluding hydrogens is 328 g/mol. The summed E-state index contributed by atoms with van der Waals surface area (Å²) in [7, 11) is 0. The Morgan fingerprint density at radius 1 is 1.31 bits per heavy atom. The Morgan fingerprint density at radius 3 is 2.92 bits per heavy atom. The molecule has 2 aliphatic rings. The van der Waals surface area contributed by atoms with Gasteiger partial charge in [-0.05, 0) is 30.9 Å². The number of hydrogen-bond acceptors (Lipinski definition) is 4. The van der Waals surface area contributed by atoms with Crippen LogP contribution in [0.2, 0.25) is 0 Å². The Kier molecular flexibility index (Phi) is 4.78. The van der Waals surface area contributed by atoms with Gasteiger partial charge in [0, 0.05) is 55.9 Å². The molecule has 138 valence electrons. The molecule has 1 saturated heterocycles. The molecule has 0 unspecified atom stereocenters. The van der Waals surface area contributed by atoms with Gasteiger partial charge in [-0.3, -0.25) is 9.89 Å². The molecule has 0 bridgehead atoms. The van der Waals surface area contributed by atoms with Crippen molar-refractivity contribution in [1.82, 2.24) is 20.8 Å². The van der Waals surface area contributed by atoms with E-state index in [1.807, 2.05) is 0 Å². The Labute approximate surface area is 153 Å². The summed E-state index contributed by atoms with van der Waals surface area (Å²) in [5.41, 5.74) is 5.12. The summed E-state index contributed by atoms with van der Waals surface area (Å²) in [6, 6.07) is 8.47. The predicted molar refractivity (Wildman–Crippen MR) is 99.2 cm³/mol. The standard InChI is InChI=1S/C20H26N4O2/c1-14-4-2-3-5-16(14)20(7-10-26-11-8-20)13-22-19(25)18-15-12-21-9-6-17(15)23-24-18/h2-5,21H,6-13H2,1H3,(H,22,25)(H,23,24). The van der Waals surface area contributed by atoms with Crippen molar-refractivity contribution >= 4 is 5.91 Å². The van der Waals surface area contributed by atoms with Gasteiger partial charge < -0.3 is 15.4 Å².